The van der Waals surface area contributed by atoms with E-state index in [1.165, 1.54) is 24.3 Å². The van der Waals surface area contributed by atoms with Gasteiger partial charge in [-0.05, 0) is 36.8 Å². The van der Waals surface area contributed by atoms with Crippen molar-refractivity contribution in [1.82, 2.24) is 0 Å². The Kier molecular flexibility index (Phi) is 5.03. The van der Waals surface area contributed by atoms with Crippen molar-refractivity contribution < 1.29 is 14.2 Å². The van der Waals surface area contributed by atoms with Gasteiger partial charge < -0.3 is 9.84 Å². The van der Waals surface area contributed by atoms with Gasteiger partial charge in [0.1, 0.15) is 5.82 Å². The Morgan fingerprint density at radius 2 is 2.14 bits per heavy atom. The number of hydrogen-bond acceptors (Lipinski definition) is 3. The second-order valence-electron chi connectivity index (χ2n) is 4.43. The van der Waals surface area contributed by atoms with Crippen molar-refractivity contribution in [3.05, 3.63) is 58.4 Å². The van der Waals surface area contributed by atoms with Crippen LogP contribution in [0, 0.1) is 17.1 Å². The van der Waals surface area contributed by atoms with Crippen molar-refractivity contribution in [2.45, 2.75) is 6.92 Å². The summed E-state index contributed by atoms with van der Waals surface area (Å²) in [5, 5.41) is 19.2. The number of benzene rings is 2. The highest BCUT2D eigenvalue weighted by molar-refractivity contribution is 6.32. The van der Waals surface area contributed by atoms with E-state index in [1.807, 2.05) is 6.07 Å². The highest BCUT2D eigenvalue weighted by Gasteiger charge is 2.11. The topological polar surface area (TPSA) is 53.2 Å². The molecule has 0 unspecified atom stereocenters. The molecule has 22 heavy (non-hydrogen) atoms. The molecule has 0 atom stereocenters. The highest BCUT2D eigenvalue weighted by atomic mass is 35.5. The first kappa shape index (κ1) is 15.9. The van der Waals surface area contributed by atoms with Gasteiger partial charge in [-0.1, -0.05) is 29.8 Å². The predicted octanol–water partition coefficient (Wildman–Crippen LogP) is 4.65. The fourth-order valence-electron chi connectivity index (χ4n) is 1.96. The van der Waals surface area contributed by atoms with Crippen molar-refractivity contribution in [3.63, 3.8) is 0 Å². The molecule has 0 bridgehead atoms. The number of nitriles is 1. The van der Waals surface area contributed by atoms with Gasteiger partial charge >= 0.3 is 0 Å². The van der Waals surface area contributed by atoms with Gasteiger partial charge in [-0.15, -0.1) is 0 Å². The summed E-state index contributed by atoms with van der Waals surface area (Å²) in [6.07, 6.45) is 1.49. The van der Waals surface area contributed by atoms with E-state index in [0.717, 1.165) is 0 Å². The van der Waals surface area contributed by atoms with Gasteiger partial charge in [0.25, 0.3) is 0 Å². The van der Waals surface area contributed by atoms with Crippen LogP contribution in [0.25, 0.3) is 11.6 Å². The first-order chi connectivity index (χ1) is 10.6. The number of halogens is 2. The lowest BCUT2D eigenvalue weighted by atomic mass is 10.0. The fraction of sp³-hybridized carbons (Fsp3) is 0.118. The molecule has 0 fully saturated rings. The van der Waals surface area contributed by atoms with Crippen molar-refractivity contribution in [1.29, 1.82) is 5.26 Å². The molecule has 3 nitrogen and oxygen atoms in total. The monoisotopic (exact) mass is 317 g/mol. The van der Waals surface area contributed by atoms with Gasteiger partial charge in [0.05, 0.1) is 23.3 Å². The predicted molar refractivity (Wildman–Crippen MR) is 84.2 cm³/mol. The summed E-state index contributed by atoms with van der Waals surface area (Å²) in [5.74, 6) is -0.428. The van der Waals surface area contributed by atoms with Gasteiger partial charge in [-0.2, -0.15) is 5.26 Å². The second kappa shape index (κ2) is 6.97. The van der Waals surface area contributed by atoms with Crippen LogP contribution in [0.3, 0.4) is 0 Å². The maximum atomic E-state index is 13.8. The molecule has 112 valence electrons. The van der Waals surface area contributed by atoms with E-state index in [2.05, 4.69) is 0 Å². The van der Waals surface area contributed by atoms with Gasteiger partial charge in [0.15, 0.2) is 11.5 Å². The molecule has 0 aliphatic heterocycles. The molecule has 0 radical (unpaired) electrons. The molecular weight excluding hydrogens is 305 g/mol. The number of phenols is 1. The van der Waals surface area contributed by atoms with Gasteiger partial charge in [0.2, 0.25) is 0 Å². The van der Waals surface area contributed by atoms with Crippen LogP contribution in [0.5, 0.6) is 11.5 Å². The summed E-state index contributed by atoms with van der Waals surface area (Å²) < 4.78 is 19.1. The van der Waals surface area contributed by atoms with E-state index in [9.17, 15) is 14.8 Å². The molecule has 0 saturated carbocycles. The number of hydrogen-bond donors (Lipinski definition) is 1. The minimum absolute atomic E-state index is 0.100. The molecule has 2 aromatic carbocycles. The number of ether oxygens (including phenoxy) is 1. The largest absolute Gasteiger partial charge is 0.503 e. The quantitative estimate of drug-likeness (QED) is 0.659. The molecular formula is C17H13ClFNO2. The average molecular weight is 318 g/mol. The van der Waals surface area contributed by atoms with Crippen LogP contribution in [0.4, 0.5) is 4.39 Å². The van der Waals surface area contributed by atoms with Crippen LogP contribution in [-0.4, -0.2) is 11.7 Å². The van der Waals surface area contributed by atoms with Gasteiger partial charge in [-0.25, -0.2) is 4.39 Å². The van der Waals surface area contributed by atoms with Crippen molar-refractivity contribution >= 4 is 23.3 Å². The van der Waals surface area contributed by atoms with E-state index < -0.39 is 5.82 Å². The average Bonchev–Trinajstić information content (AvgIpc) is 2.51. The van der Waals surface area contributed by atoms with E-state index in [1.54, 1.807) is 25.1 Å². The van der Waals surface area contributed by atoms with E-state index >= 15 is 0 Å². The zero-order valence-electron chi connectivity index (χ0n) is 11.8. The third-order valence-corrected chi connectivity index (χ3v) is 3.23. The lowest BCUT2D eigenvalue weighted by Gasteiger charge is -2.09. The first-order valence-electron chi connectivity index (χ1n) is 6.58. The molecule has 0 aliphatic carbocycles. The molecule has 0 amide bonds. The minimum Gasteiger partial charge on any atom is -0.503 e. The minimum atomic E-state index is -0.481. The smallest absolute Gasteiger partial charge is 0.176 e. The Hall–Kier alpha value is -2.51. The van der Waals surface area contributed by atoms with Crippen molar-refractivity contribution in [2.75, 3.05) is 6.61 Å². The molecule has 1 N–H and O–H groups in total. The molecule has 5 heteroatoms. The molecule has 2 aromatic rings. The number of rotatable bonds is 4. The first-order valence-corrected chi connectivity index (χ1v) is 6.96. The van der Waals surface area contributed by atoms with E-state index in [-0.39, 0.29) is 27.7 Å². The van der Waals surface area contributed by atoms with Crippen molar-refractivity contribution in [3.8, 4) is 17.6 Å². The van der Waals surface area contributed by atoms with Crippen LogP contribution in [0.1, 0.15) is 18.1 Å². The summed E-state index contributed by atoms with van der Waals surface area (Å²) in [7, 11) is 0. The normalized spacial score (nSPS) is 11.1. The summed E-state index contributed by atoms with van der Waals surface area (Å²) in [6.45, 7) is 2.13. The third kappa shape index (κ3) is 3.38. The maximum Gasteiger partial charge on any atom is 0.176 e. The standard InChI is InChI=1S/C17H13ClFNO2/c1-2-22-16-9-11(8-14(18)17(16)21)7-12(10-20)13-5-3-4-6-15(13)19/h3-9,21H,2H2,1H3/b12-7-. The van der Waals surface area contributed by atoms with Crippen LogP contribution in [0.15, 0.2) is 36.4 Å². The summed E-state index contributed by atoms with van der Waals surface area (Å²) in [5.41, 5.74) is 0.889. The zero-order chi connectivity index (χ0) is 16.1. The zero-order valence-corrected chi connectivity index (χ0v) is 12.6. The van der Waals surface area contributed by atoms with Crippen LogP contribution in [0.2, 0.25) is 5.02 Å². The number of aromatic hydroxyl groups is 1. The molecule has 2 rings (SSSR count). The lowest BCUT2D eigenvalue weighted by Crippen LogP contribution is -1.93. The van der Waals surface area contributed by atoms with Crippen LogP contribution < -0.4 is 4.74 Å². The maximum absolute atomic E-state index is 13.8. The number of allylic oxidation sites excluding steroid dienone is 1. The number of phenolic OH excluding ortho intramolecular Hbond substituents is 1. The number of nitrogens with zero attached hydrogens (tertiary/aromatic N) is 1. The van der Waals surface area contributed by atoms with Gasteiger partial charge in [0, 0.05) is 5.56 Å². The summed E-state index contributed by atoms with van der Waals surface area (Å²) >= 11 is 5.94. The Bertz CT molecular complexity index is 766. The van der Waals surface area contributed by atoms with Crippen LogP contribution in [-0.2, 0) is 0 Å². The lowest BCUT2D eigenvalue weighted by molar-refractivity contribution is 0.318. The Morgan fingerprint density at radius 1 is 1.41 bits per heavy atom. The van der Waals surface area contributed by atoms with Crippen LogP contribution >= 0.6 is 11.6 Å². The highest BCUT2D eigenvalue weighted by Crippen LogP contribution is 2.36. The Balaban J connectivity index is 2.51. The SMILES string of the molecule is CCOc1cc(/C=C(/C#N)c2ccccc2F)cc(Cl)c1O. The molecule has 0 spiro atoms. The summed E-state index contributed by atoms with van der Waals surface area (Å²) in [6, 6.07) is 11.0. The Morgan fingerprint density at radius 3 is 2.77 bits per heavy atom. The molecule has 0 aliphatic rings. The third-order valence-electron chi connectivity index (χ3n) is 2.95. The second-order valence-corrected chi connectivity index (χ2v) is 4.84. The molecule has 0 heterocycles. The molecule has 0 saturated heterocycles. The van der Waals surface area contributed by atoms with E-state index in [0.29, 0.717) is 12.2 Å². The Labute approximate surface area is 132 Å². The summed E-state index contributed by atoms with van der Waals surface area (Å²) in [4.78, 5) is 0. The molecule has 0 aromatic heterocycles. The van der Waals surface area contributed by atoms with E-state index in [4.69, 9.17) is 16.3 Å². The fourth-order valence-corrected chi connectivity index (χ4v) is 2.18. The van der Waals surface area contributed by atoms with Crippen molar-refractivity contribution in [2.24, 2.45) is 0 Å². The van der Waals surface area contributed by atoms with Gasteiger partial charge in [-0.3, -0.25) is 0 Å².